The van der Waals surface area contributed by atoms with Crippen LogP contribution in [0.4, 0.5) is 11.6 Å². The van der Waals surface area contributed by atoms with E-state index in [-0.39, 0.29) is 0 Å². The summed E-state index contributed by atoms with van der Waals surface area (Å²) in [4.78, 5) is 14.0. The Morgan fingerprint density at radius 2 is 2.22 bits per heavy atom. The maximum atomic E-state index is 11.8. The van der Waals surface area contributed by atoms with E-state index >= 15 is 0 Å². The Kier molecular flexibility index (Phi) is 3.45. The summed E-state index contributed by atoms with van der Waals surface area (Å²) >= 11 is 0. The van der Waals surface area contributed by atoms with Gasteiger partial charge in [0.15, 0.2) is 5.82 Å². The van der Waals surface area contributed by atoms with Crippen molar-refractivity contribution in [3.05, 3.63) is 5.56 Å². The molecule has 1 aliphatic rings. The highest BCUT2D eigenvalue weighted by Crippen LogP contribution is 2.30. The molecule has 1 aromatic rings. The van der Waals surface area contributed by atoms with Crippen LogP contribution in [0.3, 0.4) is 0 Å². The largest absolute Gasteiger partial charge is 0.465 e. The Hall–Kier alpha value is -1.72. The fraction of sp³-hybridized carbons (Fsp3) is 0.667. The van der Waals surface area contributed by atoms with Gasteiger partial charge in [-0.2, -0.15) is 5.10 Å². The topological polar surface area (TPSA) is 73.4 Å². The van der Waals surface area contributed by atoms with E-state index in [0.717, 1.165) is 19.4 Å². The predicted octanol–water partition coefficient (Wildman–Crippen LogP) is 1.17. The summed E-state index contributed by atoms with van der Waals surface area (Å²) in [7, 11) is 3.10. The summed E-state index contributed by atoms with van der Waals surface area (Å²) < 4.78 is 6.33. The van der Waals surface area contributed by atoms with Crippen molar-refractivity contribution in [1.29, 1.82) is 0 Å². The monoisotopic (exact) mass is 252 g/mol. The number of aromatic nitrogens is 2. The van der Waals surface area contributed by atoms with Gasteiger partial charge in [-0.05, 0) is 26.2 Å². The molecule has 0 radical (unpaired) electrons. The summed E-state index contributed by atoms with van der Waals surface area (Å²) in [6, 6.07) is 0.372. The number of anilines is 2. The van der Waals surface area contributed by atoms with Crippen molar-refractivity contribution in [2.24, 2.45) is 7.05 Å². The lowest BCUT2D eigenvalue weighted by molar-refractivity contribution is 0.0602. The third-order valence-corrected chi connectivity index (χ3v) is 3.54. The number of carbonyl (C=O) groups is 1. The third-order valence-electron chi connectivity index (χ3n) is 3.54. The first-order valence-electron chi connectivity index (χ1n) is 6.23. The number of nitrogens with two attached hydrogens (primary N) is 1. The molecule has 1 unspecified atom stereocenters. The van der Waals surface area contributed by atoms with Gasteiger partial charge in [-0.3, -0.25) is 4.68 Å². The number of hydrogen-bond acceptors (Lipinski definition) is 5. The van der Waals surface area contributed by atoms with Gasteiger partial charge < -0.3 is 15.4 Å². The number of aryl methyl sites for hydroxylation is 1. The van der Waals surface area contributed by atoms with Gasteiger partial charge in [0.25, 0.3) is 0 Å². The van der Waals surface area contributed by atoms with E-state index in [1.54, 1.807) is 7.05 Å². The lowest BCUT2D eigenvalue weighted by atomic mass is 10.0. The minimum atomic E-state index is -0.423. The number of nitrogen functional groups attached to an aromatic ring is 1. The average Bonchev–Trinajstić information content (AvgIpc) is 2.65. The van der Waals surface area contributed by atoms with Gasteiger partial charge in [-0.1, -0.05) is 0 Å². The molecule has 0 spiro atoms. The van der Waals surface area contributed by atoms with Gasteiger partial charge >= 0.3 is 5.97 Å². The van der Waals surface area contributed by atoms with Crippen LogP contribution in [0.5, 0.6) is 0 Å². The molecule has 18 heavy (non-hydrogen) atoms. The van der Waals surface area contributed by atoms with Crippen LogP contribution in [0.15, 0.2) is 0 Å². The third kappa shape index (κ3) is 2.02. The number of carbonyl (C=O) groups excluding carboxylic acids is 1. The van der Waals surface area contributed by atoms with Crippen molar-refractivity contribution in [1.82, 2.24) is 9.78 Å². The fourth-order valence-electron chi connectivity index (χ4n) is 2.43. The Balaban J connectivity index is 2.43. The van der Waals surface area contributed by atoms with Crippen molar-refractivity contribution in [3.8, 4) is 0 Å². The highest BCUT2D eigenvalue weighted by molar-refractivity contribution is 5.99. The molecule has 2 rings (SSSR count). The van der Waals surface area contributed by atoms with E-state index in [9.17, 15) is 4.79 Å². The lowest BCUT2D eigenvalue weighted by Crippen LogP contribution is -2.38. The van der Waals surface area contributed by atoms with Crippen LogP contribution in [0, 0.1) is 0 Å². The molecule has 2 N–H and O–H groups in total. The van der Waals surface area contributed by atoms with E-state index < -0.39 is 5.97 Å². The molecule has 100 valence electrons. The summed E-state index contributed by atoms with van der Waals surface area (Å²) in [6.07, 6.45) is 3.44. The second-order valence-electron chi connectivity index (χ2n) is 4.74. The van der Waals surface area contributed by atoms with Gasteiger partial charge in [0, 0.05) is 19.6 Å². The SMILES string of the molecule is COC(=O)c1c(N2CCCCC2C)nn(C)c1N. The van der Waals surface area contributed by atoms with E-state index in [2.05, 4.69) is 16.9 Å². The van der Waals surface area contributed by atoms with E-state index in [0.29, 0.717) is 23.2 Å². The molecule has 0 aliphatic carbocycles. The Labute approximate surface area is 107 Å². The molecule has 1 aromatic heterocycles. The first-order valence-corrected chi connectivity index (χ1v) is 6.23. The maximum Gasteiger partial charge on any atom is 0.345 e. The standard InChI is InChI=1S/C12H20N4O2/c1-8-6-4-5-7-16(8)11-9(12(17)18-3)10(13)15(2)14-11/h8H,4-7,13H2,1-3H3. The van der Waals surface area contributed by atoms with Crippen molar-refractivity contribution < 1.29 is 9.53 Å². The zero-order valence-electron chi connectivity index (χ0n) is 11.1. The van der Waals surface area contributed by atoms with E-state index in [1.807, 2.05) is 0 Å². The first kappa shape index (κ1) is 12.7. The average molecular weight is 252 g/mol. The highest BCUT2D eigenvalue weighted by atomic mass is 16.5. The molecule has 6 nitrogen and oxygen atoms in total. The summed E-state index contributed by atoms with van der Waals surface area (Å²) in [5.74, 6) is 0.581. The molecule has 0 aromatic carbocycles. The van der Waals surface area contributed by atoms with Gasteiger partial charge in [0.2, 0.25) is 0 Å². The summed E-state index contributed by atoms with van der Waals surface area (Å²) in [6.45, 7) is 3.05. The Bertz CT molecular complexity index is 455. The second-order valence-corrected chi connectivity index (χ2v) is 4.74. The van der Waals surface area contributed by atoms with Crippen molar-refractivity contribution >= 4 is 17.6 Å². The van der Waals surface area contributed by atoms with Crippen molar-refractivity contribution in [2.75, 3.05) is 24.3 Å². The number of hydrogen-bond donors (Lipinski definition) is 1. The van der Waals surface area contributed by atoms with Crippen molar-refractivity contribution in [2.45, 2.75) is 32.2 Å². The molecule has 0 amide bonds. The number of ether oxygens (including phenoxy) is 1. The lowest BCUT2D eigenvalue weighted by Gasteiger charge is -2.33. The first-order chi connectivity index (χ1) is 8.56. The molecule has 2 heterocycles. The predicted molar refractivity (Wildman–Crippen MR) is 69.6 cm³/mol. The van der Waals surface area contributed by atoms with E-state index in [1.165, 1.54) is 18.2 Å². The number of nitrogens with zero attached hydrogens (tertiary/aromatic N) is 3. The Morgan fingerprint density at radius 1 is 1.50 bits per heavy atom. The van der Waals surface area contributed by atoms with Crippen LogP contribution in [-0.4, -0.2) is 35.4 Å². The zero-order valence-corrected chi connectivity index (χ0v) is 11.1. The number of piperidine rings is 1. The van der Waals surface area contributed by atoms with Crippen LogP contribution >= 0.6 is 0 Å². The zero-order chi connectivity index (χ0) is 13.3. The van der Waals surface area contributed by atoms with Crippen LogP contribution in [-0.2, 0) is 11.8 Å². The number of esters is 1. The van der Waals surface area contributed by atoms with Gasteiger partial charge in [-0.15, -0.1) is 0 Å². The van der Waals surface area contributed by atoms with E-state index in [4.69, 9.17) is 10.5 Å². The van der Waals surface area contributed by atoms with Gasteiger partial charge in [-0.25, -0.2) is 4.79 Å². The van der Waals surface area contributed by atoms with Crippen LogP contribution < -0.4 is 10.6 Å². The smallest absolute Gasteiger partial charge is 0.345 e. The van der Waals surface area contributed by atoms with Crippen LogP contribution in [0.1, 0.15) is 36.5 Å². The Morgan fingerprint density at radius 3 is 2.83 bits per heavy atom. The van der Waals surface area contributed by atoms with Crippen LogP contribution in [0.25, 0.3) is 0 Å². The molecule has 0 saturated carbocycles. The maximum absolute atomic E-state index is 11.8. The normalized spacial score (nSPS) is 19.9. The summed E-state index contributed by atoms with van der Waals surface area (Å²) in [5.41, 5.74) is 6.29. The number of rotatable bonds is 2. The molecule has 6 heteroatoms. The fourth-order valence-corrected chi connectivity index (χ4v) is 2.43. The van der Waals surface area contributed by atoms with Crippen molar-refractivity contribution in [3.63, 3.8) is 0 Å². The number of methoxy groups -OCH3 is 1. The highest BCUT2D eigenvalue weighted by Gasteiger charge is 2.29. The molecular formula is C12H20N4O2. The molecule has 0 bridgehead atoms. The van der Waals surface area contributed by atoms with Gasteiger partial charge in [0.05, 0.1) is 7.11 Å². The summed E-state index contributed by atoms with van der Waals surface area (Å²) in [5, 5.41) is 4.37. The minimum absolute atomic E-state index is 0.356. The van der Waals surface area contributed by atoms with Gasteiger partial charge in [0.1, 0.15) is 11.4 Å². The molecule has 1 aliphatic heterocycles. The minimum Gasteiger partial charge on any atom is -0.465 e. The quantitative estimate of drug-likeness (QED) is 0.800. The molecular weight excluding hydrogens is 232 g/mol. The second kappa shape index (κ2) is 4.88. The molecule has 1 saturated heterocycles. The molecule has 1 atom stereocenters. The molecule has 1 fully saturated rings. The van der Waals surface area contributed by atoms with Crippen LogP contribution in [0.2, 0.25) is 0 Å².